The Balaban J connectivity index is 1.78. The van der Waals surface area contributed by atoms with Crippen LogP contribution in [-0.2, 0) is 0 Å². The van der Waals surface area contributed by atoms with Gasteiger partial charge in [0.15, 0.2) is 4.34 Å². The predicted molar refractivity (Wildman–Crippen MR) is 119 cm³/mol. The summed E-state index contributed by atoms with van der Waals surface area (Å²) in [5.74, 6) is 0.784. The first-order valence-electron chi connectivity index (χ1n) is 8.97. The summed E-state index contributed by atoms with van der Waals surface area (Å²) in [6.07, 6.45) is 1.97. The zero-order valence-electron chi connectivity index (χ0n) is 15.5. The topological polar surface area (TPSA) is 45.9 Å². The molecule has 138 valence electrons. The number of allylic oxidation sites excluding steroid dienone is 1. The van der Waals surface area contributed by atoms with Crippen molar-refractivity contribution < 1.29 is 4.74 Å². The van der Waals surface area contributed by atoms with Crippen molar-refractivity contribution in [3.8, 4) is 11.8 Å². The van der Waals surface area contributed by atoms with Gasteiger partial charge in [-0.3, -0.25) is 0 Å². The van der Waals surface area contributed by atoms with Crippen molar-refractivity contribution in [3.05, 3.63) is 71.1 Å². The third kappa shape index (κ3) is 3.89. The van der Waals surface area contributed by atoms with E-state index in [2.05, 4.69) is 29.3 Å². The lowest BCUT2D eigenvalue weighted by Gasteiger charge is -2.15. The van der Waals surface area contributed by atoms with Gasteiger partial charge < -0.3 is 4.74 Å². The molecule has 0 fully saturated rings. The van der Waals surface area contributed by atoms with Gasteiger partial charge in [0.25, 0.3) is 0 Å². The second-order valence-corrected chi connectivity index (χ2v) is 8.85. The summed E-state index contributed by atoms with van der Waals surface area (Å²) in [5.41, 5.74) is 1.89. The summed E-state index contributed by atoms with van der Waals surface area (Å²) in [6.45, 7) is 4.01. The van der Waals surface area contributed by atoms with Crippen LogP contribution in [0.5, 0.6) is 5.75 Å². The van der Waals surface area contributed by atoms with Crippen LogP contribution in [0.3, 0.4) is 0 Å². The van der Waals surface area contributed by atoms with E-state index in [9.17, 15) is 5.26 Å². The fraction of sp³-hybridized carbons (Fsp3) is 0.130. The Hall–Kier alpha value is -2.81. The summed E-state index contributed by atoms with van der Waals surface area (Å²) in [4.78, 5) is 5.22. The van der Waals surface area contributed by atoms with Crippen LogP contribution in [0.15, 0.2) is 69.9 Å². The monoisotopic (exact) mass is 402 g/mol. The minimum atomic E-state index is 0.0516. The average molecular weight is 403 g/mol. The third-order valence-corrected chi connectivity index (χ3v) is 6.18. The molecule has 28 heavy (non-hydrogen) atoms. The van der Waals surface area contributed by atoms with Crippen LogP contribution in [0.25, 0.3) is 27.1 Å². The summed E-state index contributed by atoms with van der Waals surface area (Å²) in [7, 11) is 0. The molecule has 0 atom stereocenters. The molecule has 0 saturated carbocycles. The molecule has 3 aromatic carbocycles. The van der Waals surface area contributed by atoms with Crippen LogP contribution in [0.1, 0.15) is 19.4 Å². The highest BCUT2D eigenvalue weighted by Crippen LogP contribution is 2.37. The van der Waals surface area contributed by atoms with Gasteiger partial charge in [-0.05, 0) is 60.7 Å². The van der Waals surface area contributed by atoms with E-state index in [-0.39, 0.29) is 6.10 Å². The first-order chi connectivity index (χ1) is 13.6. The van der Waals surface area contributed by atoms with Gasteiger partial charge in [0, 0.05) is 5.56 Å². The Morgan fingerprint density at radius 2 is 1.89 bits per heavy atom. The molecule has 0 saturated heterocycles. The number of benzene rings is 3. The van der Waals surface area contributed by atoms with Gasteiger partial charge in [-0.1, -0.05) is 42.5 Å². The summed E-state index contributed by atoms with van der Waals surface area (Å²) < 4.78 is 8.00. The maximum absolute atomic E-state index is 9.77. The van der Waals surface area contributed by atoms with Crippen molar-refractivity contribution in [1.29, 1.82) is 5.26 Å². The number of hydrogen-bond donors (Lipinski definition) is 0. The summed E-state index contributed by atoms with van der Waals surface area (Å²) in [6, 6.07) is 22.5. The van der Waals surface area contributed by atoms with Gasteiger partial charge in [-0.25, -0.2) is 4.98 Å². The van der Waals surface area contributed by atoms with Crippen molar-refractivity contribution in [3.63, 3.8) is 0 Å². The molecule has 4 rings (SSSR count). The lowest BCUT2D eigenvalue weighted by Crippen LogP contribution is -2.06. The van der Waals surface area contributed by atoms with E-state index in [0.29, 0.717) is 4.91 Å². The first-order valence-corrected chi connectivity index (χ1v) is 10.6. The number of nitriles is 1. The van der Waals surface area contributed by atoms with Crippen LogP contribution in [-0.4, -0.2) is 11.1 Å². The maximum atomic E-state index is 9.77. The number of fused-ring (bicyclic) bond motifs is 2. The Morgan fingerprint density at radius 1 is 1.11 bits per heavy atom. The molecule has 3 nitrogen and oxygen atoms in total. The number of hydrogen-bond acceptors (Lipinski definition) is 5. The number of para-hydroxylation sites is 1. The lowest BCUT2D eigenvalue weighted by molar-refractivity contribution is 0.242. The molecule has 1 heterocycles. The van der Waals surface area contributed by atoms with E-state index in [1.165, 1.54) is 11.8 Å². The Bertz CT molecular complexity index is 1190. The molecular weight excluding hydrogens is 384 g/mol. The van der Waals surface area contributed by atoms with Gasteiger partial charge in [0.2, 0.25) is 0 Å². The van der Waals surface area contributed by atoms with Gasteiger partial charge in [-0.15, -0.1) is 11.3 Å². The van der Waals surface area contributed by atoms with Crippen LogP contribution < -0.4 is 4.74 Å². The zero-order chi connectivity index (χ0) is 19.5. The van der Waals surface area contributed by atoms with Crippen LogP contribution in [0.4, 0.5) is 0 Å². The van der Waals surface area contributed by atoms with E-state index < -0.39 is 0 Å². The number of thiazole rings is 1. The molecular formula is C23H18N2OS2. The van der Waals surface area contributed by atoms with E-state index in [1.807, 2.05) is 62.4 Å². The largest absolute Gasteiger partial charge is 0.490 e. The zero-order valence-corrected chi connectivity index (χ0v) is 17.2. The minimum Gasteiger partial charge on any atom is -0.490 e. The number of thioether (sulfide) groups is 1. The predicted octanol–water partition coefficient (Wildman–Crippen LogP) is 6.89. The molecule has 0 amide bonds. The fourth-order valence-corrected chi connectivity index (χ4v) is 4.94. The van der Waals surface area contributed by atoms with Gasteiger partial charge in [-0.2, -0.15) is 5.26 Å². The second-order valence-electron chi connectivity index (χ2n) is 6.54. The molecule has 5 heteroatoms. The van der Waals surface area contributed by atoms with Crippen LogP contribution in [0.2, 0.25) is 0 Å². The molecule has 0 unspecified atom stereocenters. The van der Waals surface area contributed by atoms with Gasteiger partial charge in [0.1, 0.15) is 11.8 Å². The van der Waals surface area contributed by atoms with Crippen molar-refractivity contribution in [2.24, 2.45) is 0 Å². The highest BCUT2D eigenvalue weighted by Gasteiger charge is 2.12. The molecule has 0 aliphatic heterocycles. The van der Waals surface area contributed by atoms with E-state index in [0.717, 1.165) is 36.6 Å². The quantitative estimate of drug-likeness (QED) is 0.269. The highest BCUT2D eigenvalue weighted by atomic mass is 32.2. The maximum Gasteiger partial charge on any atom is 0.156 e. The smallest absolute Gasteiger partial charge is 0.156 e. The molecule has 1 aromatic heterocycles. The van der Waals surface area contributed by atoms with Crippen molar-refractivity contribution in [2.45, 2.75) is 24.3 Å². The SMILES string of the molecule is CC(C)Oc1ccc2ccccc2c1/C=C(\C#N)Sc1nc2ccccc2s1. The molecule has 0 bridgehead atoms. The van der Waals surface area contributed by atoms with E-state index in [1.54, 1.807) is 11.3 Å². The molecule has 0 N–H and O–H groups in total. The molecule has 0 spiro atoms. The Kier molecular flexibility index (Phi) is 5.34. The van der Waals surface area contributed by atoms with Crippen molar-refractivity contribution in [2.75, 3.05) is 0 Å². The second kappa shape index (κ2) is 8.05. The number of aromatic nitrogens is 1. The molecule has 0 aliphatic carbocycles. The molecule has 0 radical (unpaired) electrons. The molecule has 0 aliphatic rings. The summed E-state index contributed by atoms with van der Waals surface area (Å²) >= 11 is 3.00. The highest BCUT2D eigenvalue weighted by molar-refractivity contribution is 8.05. The summed E-state index contributed by atoms with van der Waals surface area (Å²) in [5, 5.41) is 12.0. The number of ether oxygens (including phenoxy) is 1. The Morgan fingerprint density at radius 3 is 2.68 bits per heavy atom. The van der Waals surface area contributed by atoms with Gasteiger partial charge in [0.05, 0.1) is 21.2 Å². The molecule has 4 aromatic rings. The van der Waals surface area contributed by atoms with Crippen molar-refractivity contribution >= 4 is 50.2 Å². The van der Waals surface area contributed by atoms with Crippen LogP contribution >= 0.6 is 23.1 Å². The van der Waals surface area contributed by atoms with E-state index >= 15 is 0 Å². The Labute approximate surface area is 172 Å². The minimum absolute atomic E-state index is 0.0516. The number of nitrogens with zero attached hydrogens (tertiary/aromatic N) is 2. The average Bonchev–Trinajstić information content (AvgIpc) is 3.11. The standard InChI is InChI=1S/C23H18N2OS2/c1-15(2)26-21-12-11-16-7-3-4-8-18(16)19(21)13-17(14-24)27-23-25-20-9-5-6-10-22(20)28-23/h3-13,15H,1-2H3/b17-13+. The fourth-order valence-electron chi connectivity index (χ4n) is 2.99. The van der Waals surface area contributed by atoms with Crippen LogP contribution in [0, 0.1) is 11.3 Å². The van der Waals surface area contributed by atoms with Crippen molar-refractivity contribution in [1.82, 2.24) is 4.98 Å². The van der Waals surface area contributed by atoms with E-state index in [4.69, 9.17) is 4.74 Å². The first kappa shape index (κ1) is 18.5. The normalized spacial score (nSPS) is 11.9. The number of rotatable bonds is 5. The lowest BCUT2D eigenvalue weighted by atomic mass is 10.0. The third-order valence-electron chi connectivity index (χ3n) is 4.15. The van der Waals surface area contributed by atoms with Gasteiger partial charge >= 0.3 is 0 Å².